The third kappa shape index (κ3) is 4.75. The van der Waals surface area contributed by atoms with Gasteiger partial charge >= 0.3 is 0 Å². The first-order valence-electron chi connectivity index (χ1n) is 11.0. The van der Waals surface area contributed by atoms with Crippen LogP contribution in [0.5, 0.6) is 5.75 Å². The van der Waals surface area contributed by atoms with Gasteiger partial charge in [0.25, 0.3) is 0 Å². The van der Waals surface area contributed by atoms with Gasteiger partial charge in [0.15, 0.2) is 0 Å². The first-order valence-corrected chi connectivity index (χ1v) is 11.0. The number of aromatic amines is 1. The average Bonchev–Trinajstić information content (AvgIpc) is 3.19. The first-order chi connectivity index (χ1) is 15.1. The lowest BCUT2D eigenvalue weighted by Crippen LogP contribution is -2.55. The molecule has 1 aliphatic heterocycles. The third-order valence-electron chi connectivity index (χ3n) is 6.27. The Hall–Kier alpha value is -2.83. The second kappa shape index (κ2) is 9.54. The lowest BCUT2D eigenvalue weighted by Gasteiger charge is -2.39. The number of hydrogen-bond acceptors (Lipinski definition) is 4. The minimum Gasteiger partial charge on any atom is -0.489 e. The van der Waals surface area contributed by atoms with E-state index in [9.17, 15) is 9.90 Å². The molecule has 3 N–H and O–H groups in total. The summed E-state index contributed by atoms with van der Waals surface area (Å²) in [7, 11) is 1.85. The van der Waals surface area contributed by atoms with Crippen molar-refractivity contribution in [1.82, 2.24) is 15.2 Å². The maximum absolute atomic E-state index is 12.9. The molecule has 6 nitrogen and oxygen atoms in total. The summed E-state index contributed by atoms with van der Waals surface area (Å²) in [6.45, 7) is 3.58. The molecule has 1 amide bonds. The maximum Gasteiger partial charge on any atom is 0.229 e. The largest absolute Gasteiger partial charge is 0.489 e. The number of aliphatic hydroxyl groups excluding tert-OH is 1. The number of amides is 1. The molecule has 31 heavy (non-hydrogen) atoms. The summed E-state index contributed by atoms with van der Waals surface area (Å²) in [4.78, 5) is 18.1. The van der Waals surface area contributed by atoms with E-state index in [1.54, 1.807) is 6.92 Å². The Labute approximate surface area is 183 Å². The number of aliphatic hydroxyl groups is 1. The van der Waals surface area contributed by atoms with Gasteiger partial charge in [0.1, 0.15) is 12.4 Å². The number of fused-ring (bicyclic) bond motifs is 1. The van der Waals surface area contributed by atoms with Gasteiger partial charge in [0.05, 0.1) is 12.0 Å². The highest BCUT2D eigenvalue weighted by atomic mass is 16.5. The lowest BCUT2D eigenvalue weighted by molar-refractivity contribution is -0.144. The number of likely N-dealkylation sites (tertiary alicyclic amines) is 1. The SMILES string of the molecule is CNC1CCN(CCc2c[nH]c3ccc(OCc4ccccc4)cc23)C(=O)C1C(C)O. The van der Waals surface area contributed by atoms with Crippen molar-refractivity contribution in [3.8, 4) is 5.75 Å². The number of nitrogens with one attached hydrogen (secondary N) is 2. The first kappa shape index (κ1) is 21.4. The highest BCUT2D eigenvalue weighted by molar-refractivity contribution is 5.85. The molecule has 3 atom stereocenters. The minimum absolute atomic E-state index is 0.0289. The van der Waals surface area contributed by atoms with Gasteiger partial charge in [-0.25, -0.2) is 0 Å². The van der Waals surface area contributed by atoms with Crippen LogP contribution in [0.3, 0.4) is 0 Å². The number of hydrogen-bond donors (Lipinski definition) is 3. The van der Waals surface area contributed by atoms with Crippen molar-refractivity contribution in [3.63, 3.8) is 0 Å². The van der Waals surface area contributed by atoms with Crippen LogP contribution in [0.2, 0.25) is 0 Å². The van der Waals surface area contributed by atoms with E-state index < -0.39 is 6.10 Å². The van der Waals surface area contributed by atoms with Gasteiger partial charge in [0, 0.05) is 36.2 Å². The molecule has 1 aliphatic rings. The Morgan fingerprint density at radius 1 is 1.26 bits per heavy atom. The number of rotatable bonds is 8. The zero-order valence-electron chi connectivity index (χ0n) is 18.2. The molecule has 1 saturated heterocycles. The van der Waals surface area contributed by atoms with Crippen molar-refractivity contribution in [2.45, 2.75) is 38.5 Å². The van der Waals surface area contributed by atoms with Crippen molar-refractivity contribution in [2.24, 2.45) is 5.92 Å². The number of ether oxygens (including phenoxy) is 1. The summed E-state index contributed by atoms with van der Waals surface area (Å²) < 4.78 is 5.99. The van der Waals surface area contributed by atoms with Gasteiger partial charge in [-0.15, -0.1) is 0 Å². The van der Waals surface area contributed by atoms with Crippen LogP contribution < -0.4 is 10.1 Å². The second-order valence-corrected chi connectivity index (χ2v) is 8.32. The van der Waals surface area contributed by atoms with Gasteiger partial charge in [-0.2, -0.15) is 0 Å². The van der Waals surface area contributed by atoms with Crippen molar-refractivity contribution in [3.05, 3.63) is 65.9 Å². The summed E-state index contributed by atoms with van der Waals surface area (Å²) in [6, 6.07) is 16.2. The van der Waals surface area contributed by atoms with Crippen LogP contribution in [-0.4, -0.2) is 53.2 Å². The molecule has 0 bridgehead atoms. The normalized spacial score (nSPS) is 20.2. The molecule has 0 saturated carbocycles. The Balaban J connectivity index is 1.43. The van der Waals surface area contributed by atoms with E-state index in [0.717, 1.165) is 40.6 Å². The van der Waals surface area contributed by atoms with Crippen LogP contribution in [-0.2, 0) is 17.8 Å². The molecule has 3 unspecified atom stereocenters. The van der Waals surface area contributed by atoms with Gasteiger partial charge in [-0.1, -0.05) is 30.3 Å². The van der Waals surface area contributed by atoms with Crippen LogP contribution in [0.15, 0.2) is 54.7 Å². The molecule has 0 aliphatic carbocycles. The minimum atomic E-state index is -0.662. The predicted octanol–water partition coefficient (Wildman–Crippen LogP) is 3.11. The standard InChI is InChI=1S/C25H31N3O3/c1-17(29)24-23(26-2)11-13-28(25(24)30)12-10-19-15-27-22-9-8-20(14-21(19)22)31-16-18-6-4-3-5-7-18/h3-9,14-15,17,23-24,26-27,29H,10-13,16H2,1-2H3. The summed E-state index contributed by atoms with van der Waals surface area (Å²) in [6.07, 6.45) is 2.96. The fraction of sp³-hybridized carbons (Fsp3) is 0.400. The predicted molar refractivity (Wildman–Crippen MR) is 122 cm³/mol. The molecule has 6 heteroatoms. The smallest absolute Gasteiger partial charge is 0.229 e. The van der Waals surface area contributed by atoms with Crippen molar-refractivity contribution < 1.29 is 14.6 Å². The number of piperidine rings is 1. The number of carbonyl (C=O) groups is 1. The fourth-order valence-corrected chi connectivity index (χ4v) is 4.51. The zero-order valence-corrected chi connectivity index (χ0v) is 18.2. The highest BCUT2D eigenvalue weighted by Crippen LogP contribution is 2.26. The van der Waals surface area contributed by atoms with E-state index in [2.05, 4.69) is 28.5 Å². The maximum atomic E-state index is 12.9. The lowest BCUT2D eigenvalue weighted by atomic mass is 9.87. The molecule has 0 radical (unpaired) electrons. The van der Waals surface area contributed by atoms with Crippen LogP contribution in [0.25, 0.3) is 10.9 Å². The number of H-pyrrole nitrogens is 1. The zero-order chi connectivity index (χ0) is 21.8. The molecular formula is C25H31N3O3. The summed E-state index contributed by atoms with van der Waals surface area (Å²) in [5, 5.41) is 14.4. The number of benzene rings is 2. The van der Waals surface area contributed by atoms with E-state index in [1.165, 1.54) is 0 Å². The van der Waals surface area contributed by atoms with Crippen LogP contribution in [0.1, 0.15) is 24.5 Å². The Morgan fingerprint density at radius 3 is 2.81 bits per heavy atom. The molecule has 164 valence electrons. The fourth-order valence-electron chi connectivity index (χ4n) is 4.51. The summed E-state index contributed by atoms with van der Waals surface area (Å²) in [5.74, 6) is 0.476. The number of carbonyl (C=O) groups excluding carboxylic acids is 1. The Morgan fingerprint density at radius 2 is 2.06 bits per heavy atom. The second-order valence-electron chi connectivity index (χ2n) is 8.32. The van der Waals surface area contributed by atoms with E-state index in [1.807, 2.05) is 48.5 Å². The van der Waals surface area contributed by atoms with Gasteiger partial charge < -0.3 is 25.0 Å². The number of nitrogens with zero attached hydrogens (tertiary/aromatic N) is 1. The van der Waals surface area contributed by atoms with Crippen molar-refractivity contribution >= 4 is 16.8 Å². The highest BCUT2D eigenvalue weighted by Gasteiger charge is 2.38. The quantitative estimate of drug-likeness (QED) is 0.522. The van der Waals surface area contributed by atoms with Crippen LogP contribution in [0, 0.1) is 5.92 Å². The van der Waals surface area contributed by atoms with Gasteiger partial charge in [0.2, 0.25) is 5.91 Å². The molecule has 4 rings (SSSR count). The molecule has 2 heterocycles. The molecular weight excluding hydrogens is 390 g/mol. The van der Waals surface area contributed by atoms with E-state index >= 15 is 0 Å². The number of aromatic nitrogens is 1. The third-order valence-corrected chi connectivity index (χ3v) is 6.27. The molecule has 0 spiro atoms. The molecule has 3 aromatic rings. The average molecular weight is 422 g/mol. The van der Waals surface area contributed by atoms with E-state index in [-0.39, 0.29) is 17.9 Å². The van der Waals surface area contributed by atoms with E-state index in [0.29, 0.717) is 19.7 Å². The Kier molecular flexibility index (Phi) is 6.59. The molecule has 1 aromatic heterocycles. The summed E-state index contributed by atoms with van der Waals surface area (Å²) in [5.41, 5.74) is 3.36. The summed E-state index contributed by atoms with van der Waals surface area (Å²) >= 11 is 0. The monoisotopic (exact) mass is 421 g/mol. The van der Waals surface area contributed by atoms with Crippen LogP contribution >= 0.6 is 0 Å². The van der Waals surface area contributed by atoms with Gasteiger partial charge in [-0.3, -0.25) is 4.79 Å². The molecule has 2 aromatic carbocycles. The van der Waals surface area contributed by atoms with Crippen molar-refractivity contribution in [2.75, 3.05) is 20.1 Å². The van der Waals surface area contributed by atoms with Crippen LogP contribution in [0.4, 0.5) is 0 Å². The molecule has 1 fully saturated rings. The van der Waals surface area contributed by atoms with E-state index in [4.69, 9.17) is 4.74 Å². The van der Waals surface area contributed by atoms with Crippen molar-refractivity contribution in [1.29, 1.82) is 0 Å². The topological polar surface area (TPSA) is 77.6 Å². The Bertz CT molecular complexity index is 1020. The van der Waals surface area contributed by atoms with Gasteiger partial charge in [-0.05, 0) is 56.1 Å².